The highest BCUT2D eigenvalue weighted by Crippen LogP contribution is 2.31. The molecule has 1 heterocycles. The van der Waals surface area contributed by atoms with E-state index >= 15 is 0 Å². The maximum absolute atomic E-state index is 12.3. The number of amides is 1. The molecule has 1 aliphatic heterocycles. The van der Waals surface area contributed by atoms with Crippen LogP contribution in [0.15, 0.2) is 30.3 Å². The van der Waals surface area contributed by atoms with Crippen LogP contribution in [-0.2, 0) is 0 Å². The quantitative estimate of drug-likeness (QED) is 0.791. The lowest BCUT2D eigenvalue weighted by Crippen LogP contribution is -2.36. The van der Waals surface area contributed by atoms with Crippen LogP contribution in [0.2, 0.25) is 0 Å². The molecule has 4 heteroatoms. The summed E-state index contributed by atoms with van der Waals surface area (Å²) in [6.07, 6.45) is 6.66. The highest BCUT2D eigenvalue weighted by molar-refractivity contribution is 5.93. The summed E-state index contributed by atoms with van der Waals surface area (Å²) in [4.78, 5) is 16.8. The van der Waals surface area contributed by atoms with Gasteiger partial charge in [-0.05, 0) is 69.2 Å². The Morgan fingerprint density at radius 3 is 2.35 bits per heavy atom. The monoisotopic (exact) mass is 336 g/mol. The summed E-state index contributed by atoms with van der Waals surface area (Å²) in [5.74, 6) is 1.94. The number of carbonyl (C=O) groups is 1. The topological polar surface area (TPSA) is 23.6 Å². The van der Waals surface area contributed by atoms with Crippen molar-refractivity contribution in [2.75, 3.05) is 33.2 Å². The summed E-state index contributed by atoms with van der Waals surface area (Å²) in [6.45, 7) is 4.73. The van der Waals surface area contributed by atoms with Gasteiger partial charge in [0.15, 0.2) is 0 Å². The Morgan fingerprint density at radius 2 is 1.74 bits per heavy atom. The van der Waals surface area contributed by atoms with E-state index < -0.39 is 0 Å². The largest absolute Gasteiger partial charge is 0.342 e. The first kappa shape index (κ1) is 18.3. The van der Waals surface area contributed by atoms with Crippen molar-refractivity contribution in [1.29, 1.82) is 0 Å². The molecule has 1 aliphatic carbocycles. The normalized spacial score (nSPS) is 19.2. The molecular weight excluding hydrogens is 308 g/mol. The van der Waals surface area contributed by atoms with Crippen molar-refractivity contribution in [2.24, 2.45) is 11.8 Å². The molecule has 0 unspecified atom stereocenters. The molecule has 0 N–H and O–H groups in total. The molecule has 0 radical (unpaired) electrons. The molecule has 1 saturated carbocycles. The summed E-state index contributed by atoms with van der Waals surface area (Å²) >= 11 is 0. The number of hydrogen-bond acceptors (Lipinski definition) is 2. The van der Waals surface area contributed by atoms with E-state index in [0.717, 1.165) is 30.4 Å². The molecule has 23 heavy (non-hydrogen) atoms. The molecule has 0 bridgehead atoms. The molecule has 1 aromatic carbocycles. The van der Waals surface area contributed by atoms with Crippen LogP contribution in [0.3, 0.4) is 0 Å². The van der Waals surface area contributed by atoms with Crippen LogP contribution in [0.5, 0.6) is 0 Å². The highest BCUT2D eigenvalue weighted by atomic mass is 35.5. The van der Waals surface area contributed by atoms with Gasteiger partial charge in [-0.3, -0.25) is 4.79 Å². The second-order valence-corrected chi connectivity index (χ2v) is 7.07. The van der Waals surface area contributed by atoms with E-state index in [1.807, 2.05) is 42.3 Å². The van der Waals surface area contributed by atoms with Crippen molar-refractivity contribution in [3.8, 4) is 0 Å². The average Bonchev–Trinajstić information content (AvgIpc) is 3.38. The van der Waals surface area contributed by atoms with Crippen molar-refractivity contribution in [1.82, 2.24) is 9.80 Å². The molecule has 1 saturated heterocycles. The average molecular weight is 337 g/mol. The third-order valence-corrected chi connectivity index (χ3v) is 5.16. The van der Waals surface area contributed by atoms with E-state index in [4.69, 9.17) is 0 Å². The lowest BCUT2D eigenvalue weighted by atomic mass is 9.93. The van der Waals surface area contributed by atoms with Gasteiger partial charge in [-0.25, -0.2) is 0 Å². The Kier molecular flexibility index (Phi) is 6.91. The summed E-state index contributed by atoms with van der Waals surface area (Å²) in [5.41, 5.74) is 0.796. The third kappa shape index (κ3) is 5.50. The van der Waals surface area contributed by atoms with E-state index in [1.54, 1.807) is 0 Å². The van der Waals surface area contributed by atoms with Gasteiger partial charge >= 0.3 is 0 Å². The molecule has 3 rings (SSSR count). The van der Waals surface area contributed by atoms with Crippen LogP contribution in [0.4, 0.5) is 0 Å². The van der Waals surface area contributed by atoms with Crippen molar-refractivity contribution in [3.63, 3.8) is 0 Å². The lowest BCUT2D eigenvalue weighted by Gasteiger charge is -2.32. The number of benzene rings is 1. The molecular formula is C19H29ClN2O. The van der Waals surface area contributed by atoms with Gasteiger partial charge in [0.2, 0.25) is 0 Å². The number of hydrogen-bond donors (Lipinski definition) is 0. The molecule has 1 amide bonds. The number of nitrogens with zero attached hydrogens (tertiary/aromatic N) is 2. The summed E-state index contributed by atoms with van der Waals surface area (Å²) in [5, 5.41) is 0. The molecule has 128 valence electrons. The van der Waals surface area contributed by atoms with Crippen LogP contribution in [0, 0.1) is 11.8 Å². The molecule has 0 aromatic heterocycles. The first-order chi connectivity index (χ1) is 10.7. The third-order valence-electron chi connectivity index (χ3n) is 5.16. The van der Waals surface area contributed by atoms with E-state index in [9.17, 15) is 4.79 Å². The van der Waals surface area contributed by atoms with Crippen molar-refractivity contribution in [2.45, 2.75) is 32.1 Å². The minimum Gasteiger partial charge on any atom is -0.342 e. The van der Waals surface area contributed by atoms with Gasteiger partial charge in [0, 0.05) is 25.7 Å². The number of likely N-dealkylation sites (tertiary alicyclic amines) is 1. The minimum absolute atomic E-state index is 0. The second kappa shape index (κ2) is 8.70. The van der Waals surface area contributed by atoms with E-state index in [0.29, 0.717) is 0 Å². The Balaban J connectivity index is 0.00000192. The zero-order valence-electron chi connectivity index (χ0n) is 14.1. The summed E-state index contributed by atoms with van der Waals surface area (Å²) < 4.78 is 0. The smallest absolute Gasteiger partial charge is 0.253 e. The predicted octanol–water partition coefficient (Wildman–Crippen LogP) is 3.69. The van der Waals surface area contributed by atoms with Crippen molar-refractivity contribution in [3.05, 3.63) is 35.9 Å². The van der Waals surface area contributed by atoms with Crippen LogP contribution < -0.4 is 0 Å². The predicted molar refractivity (Wildman–Crippen MR) is 97.2 cm³/mol. The summed E-state index contributed by atoms with van der Waals surface area (Å²) in [7, 11) is 1.93. The highest BCUT2D eigenvalue weighted by Gasteiger charge is 2.27. The maximum Gasteiger partial charge on any atom is 0.253 e. The zero-order chi connectivity index (χ0) is 15.4. The van der Waals surface area contributed by atoms with Gasteiger partial charge in [-0.1, -0.05) is 18.2 Å². The number of halogens is 1. The van der Waals surface area contributed by atoms with Crippen molar-refractivity contribution >= 4 is 18.3 Å². The molecule has 2 fully saturated rings. The van der Waals surface area contributed by atoms with Crippen molar-refractivity contribution < 1.29 is 4.79 Å². The Hall–Kier alpha value is -1.06. The molecule has 2 aliphatic rings. The SMILES string of the molecule is CN(CCC1CCN(CC2CC2)CC1)C(=O)c1ccccc1.Cl. The second-order valence-electron chi connectivity index (χ2n) is 7.07. The van der Waals surface area contributed by atoms with Gasteiger partial charge in [-0.2, -0.15) is 0 Å². The van der Waals surface area contributed by atoms with Gasteiger partial charge < -0.3 is 9.80 Å². The molecule has 3 nitrogen and oxygen atoms in total. The fourth-order valence-corrected chi connectivity index (χ4v) is 3.40. The first-order valence-corrected chi connectivity index (χ1v) is 8.75. The van der Waals surface area contributed by atoms with Gasteiger partial charge in [-0.15, -0.1) is 12.4 Å². The Labute approximate surface area is 146 Å². The Bertz CT molecular complexity index is 481. The van der Waals surface area contributed by atoms with Gasteiger partial charge in [0.25, 0.3) is 5.91 Å². The van der Waals surface area contributed by atoms with Crippen LogP contribution in [-0.4, -0.2) is 48.9 Å². The van der Waals surface area contributed by atoms with E-state index in [-0.39, 0.29) is 18.3 Å². The molecule has 0 atom stereocenters. The standard InChI is InChI=1S/C19H28N2O.ClH/c1-20(19(22)18-5-3-2-4-6-18)12-9-16-10-13-21(14-11-16)15-17-7-8-17;/h2-6,16-17H,7-15H2,1H3;1H. The fourth-order valence-electron chi connectivity index (χ4n) is 3.40. The zero-order valence-corrected chi connectivity index (χ0v) is 14.9. The van der Waals surface area contributed by atoms with E-state index in [2.05, 4.69) is 4.90 Å². The number of rotatable bonds is 6. The van der Waals surface area contributed by atoms with Gasteiger partial charge in [0.1, 0.15) is 0 Å². The first-order valence-electron chi connectivity index (χ1n) is 8.75. The number of piperidine rings is 1. The lowest BCUT2D eigenvalue weighted by molar-refractivity contribution is 0.0777. The van der Waals surface area contributed by atoms with Crippen LogP contribution in [0.25, 0.3) is 0 Å². The van der Waals surface area contributed by atoms with Gasteiger partial charge in [0.05, 0.1) is 0 Å². The molecule has 0 spiro atoms. The Morgan fingerprint density at radius 1 is 1.09 bits per heavy atom. The molecule has 1 aromatic rings. The van der Waals surface area contributed by atoms with Crippen LogP contribution in [0.1, 0.15) is 42.5 Å². The number of carbonyl (C=O) groups excluding carboxylic acids is 1. The summed E-state index contributed by atoms with van der Waals surface area (Å²) in [6, 6.07) is 9.60. The van der Waals surface area contributed by atoms with Crippen LogP contribution >= 0.6 is 12.4 Å². The maximum atomic E-state index is 12.3. The van der Waals surface area contributed by atoms with E-state index in [1.165, 1.54) is 45.3 Å². The minimum atomic E-state index is 0. The fraction of sp³-hybridized carbons (Fsp3) is 0.632.